The van der Waals surface area contributed by atoms with Gasteiger partial charge in [-0.3, -0.25) is 0 Å². The number of nitrogens with two attached hydrogens (primary N) is 2. The molecule has 1 fully saturated rings. The summed E-state index contributed by atoms with van der Waals surface area (Å²) < 4.78 is 0. The summed E-state index contributed by atoms with van der Waals surface area (Å²) in [6.07, 6.45) is 2.27. The second kappa shape index (κ2) is 2.25. The fourth-order valence-corrected chi connectivity index (χ4v) is 1.02. The van der Waals surface area contributed by atoms with Gasteiger partial charge >= 0.3 is 0 Å². The van der Waals surface area contributed by atoms with Crippen LogP contribution in [0, 0.1) is 5.92 Å². The highest BCUT2D eigenvalue weighted by Crippen LogP contribution is 2.37. The van der Waals surface area contributed by atoms with Crippen LogP contribution in [0.2, 0.25) is 0 Å². The van der Waals surface area contributed by atoms with Gasteiger partial charge in [0.1, 0.15) is 0 Å². The van der Waals surface area contributed by atoms with Gasteiger partial charge in [-0.2, -0.15) is 0 Å². The van der Waals surface area contributed by atoms with Crippen LogP contribution in [0.5, 0.6) is 0 Å². The van der Waals surface area contributed by atoms with Gasteiger partial charge in [0, 0.05) is 6.54 Å². The SMILES string of the molecule is NCC(N)(CO)C1CC1. The van der Waals surface area contributed by atoms with E-state index in [1.807, 2.05) is 0 Å². The summed E-state index contributed by atoms with van der Waals surface area (Å²) in [5.74, 6) is 0.479. The number of hydrogen-bond acceptors (Lipinski definition) is 3. The number of aliphatic hydroxyl groups excluding tert-OH is 1. The lowest BCUT2D eigenvalue weighted by molar-refractivity contribution is 0.182. The summed E-state index contributed by atoms with van der Waals surface area (Å²) in [5.41, 5.74) is 10.6. The molecule has 1 rings (SSSR count). The van der Waals surface area contributed by atoms with Crippen LogP contribution >= 0.6 is 0 Å². The fraction of sp³-hybridized carbons (Fsp3) is 1.00. The Hall–Kier alpha value is -0.120. The Bertz CT molecular complexity index is 97.2. The first-order valence-electron chi connectivity index (χ1n) is 3.33. The molecule has 0 bridgehead atoms. The predicted molar refractivity (Wildman–Crippen MR) is 35.8 cm³/mol. The Morgan fingerprint density at radius 2 is 2.11 bits per heavy atom. The lowest BCUT2D eigenvalue weighted by Gasteiger charge is -2.24. The van der Waals surface area contributed by atoms with Crippen LogP contribution in [0.15, 0.2) is 0 Å². The summed E-state index contributed by atoms with van der Waals surface area (Å²) in [4.78, 5) is 0. The molecule has 9 heavy (non-hydrogen) atoms. The van der Waals surface area contributed by atoms with Crippen molar-refractivity contribution in [2.24, 2.45) is 17.4 Å². The van der Waals surface area contributed by atoms with Crippen molar-refractivity contribution in [3.05, 3.63) is 0 Å². The number of rotatable bonds is 3. The largest absolute Gasteiger partial charge is 0.394 e. The number of aliphatic hydroxyl groups is 1. The Morgan fingerprint density at radius 3 is 2.22 bits per heavy atom. The van der Waals surface area contributed by atoms with E-state index in [2.05, 4.69) is 0 Å². The fourth-order valence-electron chi connectivity index (χ4n) is 1.02. The van der Waals surface area contributed by atoms with Crippen molar-refractivity contribution in [1.82, 2.24) is 0 Å². The van der Waals surface area contributed by atoms with Crippen LogP contribution < -0.4 is 11.5 Å². The summed E-state index contributed by atoms with van der Waals surface area (Å²) in [5, 5.41) is 8.79. The Kier molecular flexibility index (Phi) is 1.75. The van der Waals surface area contributed by atoms with E-state index in [4.69, 9.17) is 16.6 Å². The smallest absolute Gasteiger partial charge is 0.0626 e. The van der Waals surface area contributed by atoms with E-state index in [1.54, 1.807) is 0 Å². The highest BCUT2D eigenvalue weighted by molar-refractivity contribution is 4.98. The van der Waals surface area contributed by atoms with Crippen molar-refractivity contribution in [2.75, 3.05) is 13.2 Å². The lowest BCUT2D eigenvalue weighted by atomic mass is 9.96. The normalized spacial score (nSPS) is 25.7. The monoisotopic (exact) mass is 130 g/mol. The van der Waals surface area contributed by atoms with Gasteiger partial charge in [0.15, 0.2) is 0 Å². The zero-order valence-corrected chi connectivity index (χ0v) is 5.51. The molecule has 1 saturated carbocycles. The summed E-state index contributed by atoms with van der Waals surface area (Å²) >= 11 is 0. The molecule has 0 aromatic carbocycles. The molecule has 0 aliphatic heterocycles. The van der Waals surface area contributed by atoms with E-state index in [0.717, 1.165) is 12.8 Å². The zero-order valence-electron chi connectivity index (χ0n) is 5.51. The van der Waals surface area contributed by atoms with Gasteiger partial charge in [-0.05, 0) is 18.8 Å². The average molecular weight is 130 g/mol. The summed E-state index contributed by atoms with van der Waals surface area (Å²) in [7, 11) is 0. The average Bonchev–Trinajstić information content (AvgIpc) is 2.68. The predicted octanol–water partition coefficient (Wildman–Crippen LogP) is -0.955. The van der Waals surface area contributed by atoms with E-state index < -0.39 is 5.54 Å². The molecule has 3 nitrogen and oxygen atoms in total. The van der Waals surface area contributed by atoms with E-state index in [9.17, 15) is 0 Å². The van der Waals surface area contributed by atoms with Gasteiger partial charge in [0.05, 0.1) is 12.1 Å². The van der Waals surface area contributed by atoms with Gasteiger partial charge in [0.25, 0.3) is 0 Å². The third-order valence-electron chi connectivity index (χ3n) is 2.06. The first kappa shape index (κ1) is 6.99. The molecule has 1 atom stereocenters. The molecule has 1 aliphatic rings. The van der Waals surface area contributed by atoms with Crippen LogP contribution in [-0.4, -0.2) is 23.8 Å². The first-order chi connectivity index (χ1) is 4.23. The highest BCUT2D eigenvalue weighted by Gasteiger charge is 2.40. The van der Waals surface area contributed by atoms with Crippen molar-refractivity contribution >= 4 is 0 Å². The van der Waals surface area contributed by atoms with E-state index in [0.29, 0.717) is 12.5 Å². The summed E-state index contributed by atoms with van der Waals surface area (Å²) in [6.45, 7) is 0.419. The second-order valence-corrected chi connectivity index (χ2v) is 2.87. The molecular formula is C6H14N2O. The molecule has 0 spiro atoms. The first-order valence-corrected chi connectivity index (χ1v) is 3.33. The molecule has 0 aromatic rings. The highest BCUT2D eigenvalue weighted by atomic mass is 16.3. The molecular weight excluding hydrogens is 116 g/mol. The lowest BCUT2D eigenvalue weighted by Crippen LogP contribution is -2.52. The molecule has 0 radical (unpaired) electrons. The Labute approximate surface area is 55.0 Å². The maximum atomic E-state index is 8.79. The minimum Gasteiger partial charge on any atom is -0.394 e. The minimum absolute atomic E-state index is 0.0220. The Morgan fingerprint density at radius 1 is 1.56 bits per heavy atom. The van der Waals surface area contributed by atoms with Gasteiger partial charge < -0.3 is 16.6 Å². The van der Waals surface area contributed by atoms with Crippen molar-refractivity contribution in [3.8, 4) is 0 Å². The maximum Gasteiger partial charge on any atom is 0.0626 e. The molecule has 0 heterocycles. The van der Waals surface area contributed by atoms with Crippen molar-refractivity contribution < 1.29 is 5.11 Å². The molecule has 1 unspecified atom stereocenters. The number of hydrogen-bond donors (Lipinski definition) is 3. The molecule has 0 saturated heterocycles. The van der Waals surface area contributed by atoms with Crippen molar-refractivity contribution in [3.63, 3.8) is 0 Å². The van der Waals surface area contributed by atoms with Crippen LogP contribution in [0.4, 0.5) is 0 Å². The van der Waals surface area contributed by atoms with Crippen molar-refractivity contribution in [1.29, 1.82) is 0 Å². The molecule has 0 aromatic heterocycles. The van der Waals surface area contributed by atoms with Crippen LogP contribution in [0.25, 0.3) is 0 Å². The van der Waals surface area contributed by atoms with E-state index >= 15 is 0 Å². The molecule has 0 amide bonds. The van der Waals surface area contributed by atoms with Gasteiger partial charge in [-0.15, -0.1) is 0 Å². The third-order valence-corrected chi connectivity index (χ3v) is 2.06. The van der Waals surface area contributed by atoms with Gasteiger partial charge in [-0.1, -0.05) is 0 Å². The molecule has 54 valence electrons. The van der Waals surface area contributed by atoms with Crippen LogP contribution in [0.1, 0.15) is 12.8 Å². The Balaban J connectivity index is 2.43. The molecule has 5 N–H and O–H groups in total. The van der Waals surface area contributed by atoms with Crippen LogP contribution in [-0.2, 0) is 0 Å². The maximum absolute atomic E-state index is 8.79. The van der Waals surface area contributed by atoms with Crippen molar-refractivity contribution in [2.45, 2.75) is 18.4 Å². The topological polar surface area (TPSA) is 72.3 Å². The minimum atomic E-state index is -0.472. The van der Waals surface area contributed by atoms with Crippen LogP contribution in [0.3, 0.4) is 0 Å². The summed E-state index contributed by atoms with van der Waals surface area (Å²) in [6, 6.07) is 0. The van der Waals surface area contributed by atoms with E-state index in [1.165, 1.54) is 0 Å². The zero-order chi connectivity index (χ0) is 6.91. The molecule has 3 heteroatoms. The standard InChI is InChI=1S/C6H14N2O/c7-3-6(8,4-9)5-1-2-5/h5,9H,1-4,7-8H2. The molecule has 1 aliphatic carbocycles. The third kappa shape index (κ3) is 1.23. The quantitative estimate of drug-likeness (QED) is 0.461. The van der Waals surface area contributed by atoms with E-state index in [-0.39, 0.29) is 6.61 Å². The second-order valence-electron chi connectivity index (χ2n) is 2.87. The van der Waals surface area contributed by atoms with Gasteiger partial charge in [-0.25, -0.2) is 0 Å². The van der Waals surface area contributed by atoms with Gasteiger partial charge in [0.2, 0.25) is 0 Å².